The lowest BCUT2D eigenvalue weighted by atomic mass is 9.99. The Kier molecular flexibility index (Phi) is 5.89. The average molecular weight is 307 g/mol. The summed E-state index contributed by atoms with van der Waals surface area (Å²) in [6.07, 6.45) is 1.02. The molecule has 0 heterocycles. The van der Waals surface area contributed by atoms with Gasteiger partial charge < -0.3 is 5.32 Å². The first-order chi connectivity index (χ1) is 9.66. The normalized spacial score (nSPS) is 12.6. The molecule has 0 fully saturated rings. The lowest BCUT2D eigenvalue weighted by Crippen LogP contribution is -2.26. The molecule has 21 heavy (non-hydrogen) atoms. The van der Waals surface area contributed by atoms with Crippen molar-refractivity contribution in [2.45, 2.75) is 33.7 Å². The number of hydrogen-bond donors (Lipinski definition) is 1. The van der Waals surface area contributed by atoms with Crippen LogP contribution in [0.4, 0.5) is 22.0 Å². The zero-order valence-electron chi connectivity index (χ0n) is 12.3. The van der Waals surface area contributed by atoms with E-state index in [9.17, 15) is 22.0 Å². The zero-order chi connectivity index (χ0) is 16.3. The van der Waals surface area contributed by atoms with E-state index in [2.05, 4.69) is 5.32 Å². The van der Waals surface area contributed by atoms with E-state index in [-0.39, 0.29) is 12.0 Å². The summed E-state index contributed by atoms with van der Waals surface area (Å²) in [5.74, 6) is -9.73. The van der Waals surface area contributed by atoms with Crippen molar-refractivity contribution >= 4 is 6.08 Å². The van der Waals surface area contributed by atoms with Crippen molar-refractivity contribution in [2.75, 3.05) is 6.54 Å². The second-order valence-corrected chi connectivity index (χ2v) is 5.39. The quantitative estimate of drug-likeness (QED) is 0.482. The number of benzene rings is 1. The SMILES string of the molecule is CC(C)NCC(=Cc1c(F)c(F)c(F)c(F)c1F)C(C)C. The van der Waals surface area contributed by atoms with Crippen molar-refractivity contribution in [3.05, 3.63) is 40.2 Å². The van der Waals surface area contributed by atoms with Crippen molar-refractivity contribution in [3.8, 4) is 0 Å². The second-order valence-electron chi connectivity index (χ2n) is 5.39. The maximum atomic E-state index is 13.6. The van der Waals surface area contributed by atoms with Crippen LogP contribution in [0.15, 0.2) is 5.57 Å². The lowest BCUT2D eigenvalue weighted by molar-refractivity contribution is 0.376. The van der Waals surface area contributed by atoms with Gasteiger partial charge in [-0.15, -0.1) is 0 Å². The number of halogens is 5. The second kappa shape index (κ2) is 7.02. The molecule has 0 amide bonds. The Morgan fingerprint density at radius 1 is 0.857 bits per heavy atom. The molecule has 0 aromatic heterocycles. The molecule has 0 spiro atoms. The van der Waals surface area contributed by atoms with Gasteiger partial charge in [-0.2, -0.15) is 0 Å². The maximum absolute atomic E-state index is 13.6. The Labute approximate surface area is 120 Å². The first-order valence-corrected chi connectivity index (χ1v) is 6.62. The highest BCUT2D eigenvalue weighted by Gasteiger charge is 2.25. The maximum Gasteiger partial charge on any atom is 0.200 e. The molecule has 0 bridgehead atoms. The molecule has 6 heteroatoms. The Bertz CT molecular complexity index is 520. The molecule has 1 rings (SSSR count). The van der Waals surface area contributed by atoms with E-state index in [1.54, 1.807) is 13.8 Å². The van der Waals surface area contributed by atoms with Gasteiger partial charge in [0.15, 0.2) is 23.3 Å². The first-order valence-electron chi connectivity index (χ1n) is 6.62. The number of rotatable bonds is 5. The van der Waals surface area contributed by atoms with Gasteiger partial charge in [-0.05, 0) is 12.0 Å². The van der Waals surface area contributed by atoms with Gasteiger partial charge in [-0.3, -0.25) is 0 Å². The summed E-state index contributed by atoms with van der Waals surface area (Å²) in [5.41, 5.74) is -0.354. The van der Waals surface area contributed by atoms with Gasteiger partial charge in [0.2, 0.25) is 5.82 Å². The Balaban J connectivity index is 3.34. The fraction of sp³-hybridized carbons (Fsp3) is 0.467. The third-order valence-corrected chi connectivity index (χ3v) is 3.03. The number of hydrogen-bond acceptors (Lipinski definition) is 1. The fourth-order valence-electron chi connectivity index (χ4n) is 1.68. The minimum atomic E-state index is -2.14. The molecule has 1 aromatic rings. The summed E-state index contributed by atoms with van der Waals surface area (Å²) < 4.78 is 66.6. The standard InChI is InChI=1S/C15H18F5N/c1-7(2)9(6-21-8(3)4)5-10-11(16)13(18)15(20)14(19)12(10)17/h5,7-8,21H,6H2,1-4H3. The van der Waals surface area contributed by atoms with Gasteiger partial charge >= 0.3 is 0 Å². The first kappa shape index (κ1) is 17.6. The van der Waals surface area contributed by atoms with Gasteiger partial charge in [-0.1, -0.05) is 33.3 Å². The molecule has 118 valence electrons. The molecule has 0 atom stereocenters. The third kappa shape index (κ3) is 4.03. The molecule has 0 radical (unpaired) electrons. The molecule has 0 aliphatic carbocycles. The Hall–Kier alpha value is -1.43. The Morgan fingerprint density at radius 3 is 1.67 bits per heavy atom. The van der Waals surface area contributed by atoms with Crippen molar-refractivity contribution in [3.63, 3.8) is 0 Å². The van der Waals surface area contributed by atoms with E-state index in [1.165, 1.54) is 0 Å². The van der Waals surface area contributed by atoms with Gasteiger partial charge in [0.25, 0.3) is 0 Å². The lowest BCUT2D eigenvalue weighted by Gasteiger charge is -2.15. The highest BCUT2D eigenvalue weighted by molar-refractivity contribution is 5.55. The molecule has 1 aromatic carbocycles. The zero-order valence-corrected chi connectivity index (χ0v) is 12.3. The topological polar surface area (TPSA) is 12.0 Å². The van der Waals surface area contributed by atoms with Crippen molar-refractivity contribution in [2.24, 2.45) is 5.92 Å². The monoisotopic (exact) mass is 307 g/mol. The van der Waals surface area contributed by atoms with Crippen LogP contribution in [-0.2, 0) is 0 Å². The van der Waals surface area contributed by atoms with Crippen LogP contribution in [0, 0.1) is 35.0 Å². The molecule has 0 aliphatic heterocycles. The van der Waals surface area contributed by atoms with Crippen LogP contribution >= 0.6 is 0 Å². The van der Waals surface area contributed by atoms with Gasteiger partial charge in [-0.25, -0.2) is 22.0 Å². The summed E-state index contributed by atoms with van der Waals surface area (Å²) in [7, 11) is 0. The van der Waals surface area contributed by atoms with E-state index >= 15 is 0 Å². The molecule has 0 saturated carbocycles. The summed E-state index contributed by atoms with van der Waals surface area (Å²) in [6, 6.07) is 0.128. The minimum Gasteiger partial charge on any atom is -0.311 e. The molecular weight excluding hydrogens is 289 g/mol. The van der Waals surface area contributed by atoms with Crippen LogP contribution < -0.4 is 5.32 Å². The summed E-state index contributed by atoms with van der Waals surface area (Å²) >= 11 is 0. The predicted molar refractivity (Wildman–Crippen MR) is 72.2 cm³/mol. The van der Waals surface area contributed by atoms with E-state index in [1.807, 2.05) is 13.8 Å². The smallest absolute Gasteiger partial charge is 0.200 e. The Morgan fingerprint density at radius 2 is 1.29 bits per heavy atom. The van der Waals surface area contributed by atoms with Gasteiger partial charge in [0.05, 0.1) is 5.56 Å². The van der Waals surface area contributed by atoms with E-state index in [4.69, 9.17) is 0 Å². The van der Waals surface area contributed by atoms with Crippen LogP contribution in [0.3, 0.4) is 0 Å². The molecule has 1 N–H and O–H groups in total. The van der Waals surface area contributed by atoms with Crippen molar-refractivity contribution in [1.82, 2.24) is 5.32 Å². The van der Waals surface area contributed by atoms with Crippen LogP contribution in [0.2, 0.25) is 0 Å². The van der Waals surface area contributed by atoms with Crippen LogP contribution in [0.25, 0.3) is 6.08 Å². The molecule has 0 unspecified atom stereocenters. The minimum absolute atomic E-state index is 0.105. The van der Waals surface area contributed by atoms with Gasteiger partial charge in [0.1, 0.15) is 0 Å². The highest BCUT2D eigenvalue weighted by Crippen LogP contribution is 2.26. The third-order valence-electron chi connectivity index (χ3n) is 3.03. The van der Waals surface area contributed by atoms with Crippen molar-refractivity contribution < 1.29 is 22.0 Å². The summed E-state index contributed by atoms with van der Waals surface area (Å²) in [5, 5.41) is 3.05. The summed E-state index contributed by atoms with van der Waals surface area (Å²) in [4.78, 5) is 0. The van der Waals surface area contributed by atoms with Gasteiger partial charge in [0, 0.05) is 12.6 Å². The van der Waals surface area contributed by atoms with Crippen LogP contribution in [0.5, 0.6) is 0 Å². The fourth-order valence-corrected chi connectivity index (χ4v) is 1.68. The largest absolute Gasteiger partial charge is 0.311 e. The number of nitrogens with one attached hydrogen (secondary N) is 1. The highest BCUT2D eigenvalue weighted by atomic mass is 19.2. The summed E-state index contributed by atoms with van der Waals surface area (Å²) in [6.45, 7) is 7.63. The van der Waals surface area contributed by atoms with Crippen molar-refractivity contribution in [1.29, 1.82) is 0 Å². The van der Waals surface area contributed by atoms with E-state index in [0.717, 1.165) is 6.08 Å². The molecule has 0 saturated heterocycles. The van der Waals surface area contributed by atoms with Crippen LogP contribution in [-0.4, -0.2) is 12.6 Å². The molecular formula is C15H18F5N. The average Bonchev–Trinajstić information content (AvgIpc) is 2.41. The molecule has 1 nitrogen and oxygen atoms in total. The van der Waals surface area contributed by atoms with E-state index < -0.39 is 34.6 Å². The predicted octanol–water partition coefficient (Wildman–Crippen LogP) is 4.42. The van der Waals surface area contributed by atoms with E-state index in [0.29, 0.717) is 12.1 Å². The van der Waals surface area contributed by atoms with Crippen LogP contribution in [0.1, 0.15) is 33.3 Å². The molecule has 0 aliphatic rings.